The molecule has 0 radical (unpaired) electrons. The second-order valence-corrected chi connectivity index (χ2v) is 5.60. The van der Waals surface area contributed by atoms with Crippen molar-refractivity contribution in [2.24, 2.45) is 0 Å². The van der Waals surface area contributed by atoms with Gasteiger partial charge >= 0.3 is 0 Å². The summed E-state index contributed by atoms with van der Waals surface area (Å²) in [5.74, 6) is 0.397. The highest BCUT2D eigenvalue weighted by atomic mass is 16.2. The van der Waals surface area contributed by atoms with E-state index in [4.69, 9.17) is 0 Å². The average Bonchev–Trinajstić information content (AvgIpc) is 2.80. The summed E-state index contributed by atoms with van der Waals surface area (Å²) >= 11 is 0. The van der Waals surface area contributed by atoms with Gasteiger partial charge in [0.25, 0.3) is 0 Å². The van der Waals surface area contributed by atoms with Gasteiger partial charge in [0, 0.05) is 46.2 Å². The molecule has 2 fully saturated rings. The third kappa shape index (κ3) is 3.47. The van der Waals surface area contributed by atoms with Crippen LogP contribution in [0, 0.1) is 0 Å². The molecule has 2 heterocycles. The number of hydrogen-bond donors (Lipinski definition) is 0. The van der Waals surface area contributed by atoms with Crippen molar-refractivity contribution in [3.05, 3.63) is 0 Å². The van der Waals surface area contributed by atoms with Crippen LogP contribution in [-0.4, -0.2) is 71.8 Å². The molecule has 0 bridgehead atoms. The predicted molar refractivity (Wildman–Crippen MR) is 73.7 cm³/mol. The Morgan fingerprint density at radius 2 is 1.47 bits per heavy atom. The van der Waals surface area contributed by atoms with Crippen molar-refractivity contribution in [1.29, 1.82) is 0 Å². The lowest BCUT2D eigenvalue weighted by Gasteiger charge is -2.30. The SMILES string of the molecule is CC(=O)N1CCCN(C(C)C(=O)N2CCCC2)CC1. The maximum atomic E-state index is 12.4. The zero-order valence-electron chi connectivity index (χ0n) is 12.1. The van der Waals surface area contributed by atoms with E-state index in [1.807, 2.05) is 16.7 Å². The highest BCUT2D eigenvalue weighted by molar-refractivity contribution is 5.81. The second-order valence-electron chi connectivity index (χ2n) is 5.60. The van der Waals surface area contributed by atoms with Gasteiger partial charge < -0.3 is 9.80 Å². The van der Waals surface area contributed by atoms with E-state index in [1.165, 1.54) is 0 Å². The first kappa shape index (κ1) is 14.3. The highest BCUT2D eigenvalue weighted by Gasteiger charge is 2.29. The van der Waals surface area contributed by atoms with Crippen LogP contribution < -0.4 is 0 Å². The second kappa shape index (κ2) is 6.37. The summed E-state index contributed by atoms with van der Waals surface area (Å²) in [6, 6.07) is -0.0509. The molecular weight excluding hydrogens is 242 g/mol. The smallest absolute Gasteiger partial charge is 0.239 e. The van der Waals surface area contributed by atoms with Crippen molar-refractivity contribution in [1.82, 2.24) is 14.7 Å². The van der Waals surface area contributed by atoms with E-state index in [9.17, 15) is 9.59 Å². The van der Waals surface area contributed by atoms with Crippen molar-refractivity contribution in [3.8, 4) is 0 Å². The van der Waals surface area contributed by atoms with E-state index in [-0.39, 0.29) is 17.9 Å². The zero-order chi connectivity index (χ0) is 13.8. The molecule has 19 heavy (non-hydrogen) atoms. The summed E-state index contributed by atoms with van der Waals surface area (Å²) in [6.07, 6.45) is 3.23. The fourth-order valence-corrected chi connectivity index (χ4v) is 3.00. The van der Waals surface area contributed by atoms with Gasteiger partial charge in [-0.25, -0.2) is 0 Å². The van der Waals surface area contributed by atoms with Gasteiger partial charge in [-0.15, -0.1) is 0 Å². The van der Waals surface area contributed by atoms with Gasteiger partial charge in [-0.05, 0) is 26.2 Å². The molecule has 0 aromatic carbocycles. The van der Waals surface area contributed by atoms with Crippen LogP contribution in [0.2, 0.25) is 0 Å². The molecule has 0 aliphatic carbocycles. The van der Waals surface area contributed by atoms with Gasteiger partial charge in [0.2, 0.25) is 11.8 Å². The molecule has 5 nitrogen and oxygen atoms in total. The number of carbonyl (C=O) groups is 2. The Hall–Kier alpha value is -1.10. The van der Waals surface area contributed by atoms with Gasteiger partial charge in [0.05, 0.1) is 6.04 Å². The molecule has 1 unspecified atom stereocenters. The molecule has 2 aliphatic rings. The Labute approximate surface area is 115 Å². The molecule has 2 aliphatic heterocycles. The average molecular weight is 267 g/mol. The Kier molecular flexibility index (Phi) is 4.80. The van der Waals surface area contributed by atoms with E-state index >= 15 is 0 Å². The summed E-state index contributed by atoms with van der Waals surface area (Å²) in [6.45, 7) is 8.72. The van der Waals surface area contributed by atoms with Crippen LogP contribution in [0.3, 0.4) is 0 Å². The fraction of sp³-hybridized carbons (Fsp3) is 0.857. The van der Waals surface area contributed by atoms with Crippen molar-refractivity contribution in [2.75, 3.05) is 39.3 Å². The molecule has 0 saturated carbocycles. The number of rotatable bonds is 2. The van der Waals surface area contributed by atoms with Gasteiger partial charge in [-0.3, -0.25) is 14.5 Å². The minimum absolute atomic E-state index is 0.0509. The number of carbonyl (C=O) groups excluding carboxylic acids is 2. The van der Waals surface area contributed by atoms with Crippen LogP contribution in [0.4, 0.5) is 0 Å². The zero-order valence-corrected chi connectivity index (χ0v) is 12.1. The third-order valence-corrected chi connectivity index (χ3v) is 4.30. The molecule has 2 rings (SSSR count). The summed E-state index contributed by atoms with van der Waals surface area (Å²) in [4.78, 5) is 29.9. The van der Waals surface area contributed by atoms with Crippen molar-refractivity contribution in [3.63, 3.8) is 0 Å². The van der Waals surface area contributed by atoms with Gasteiger partial charge in [0.15, 0.2) is 0 Å². The summed E-state index contributed by atoms with van der Waals surface area (Å²) in [5.41, 5.74) is 0. The molecular formula is C14H25N3O2. The van der Waals surface area contributed by atoms with Gasteiger partial charge in [0.1, 0.15) is 0 Å². The molecule has 1 atom stereocenters. The fourth-order valence-electron chi connectivity index (χ4n) is 3.00. The third-order valence-electron chi connectivity index (χ3n) is 4.30. The van der Waals surface area contributed by atoms with Crippen molar-refractivity contribution >= 4 is 11.8 Å². The van der Waals surface area contributed by atoms with Crippen LogP contribution in [0.15, 0.2) is 0 Å². The van der Waals surface area contributed by atoms with Crippen LogP contribution in [0.25, 0.3) is 0 Å². The quantitative estimate of drug-likeness (QED) is 0.734. The lowest BCUT2D eigenvalue weighted by atomic mass is 10.2. The topological polar surface area (TPSA) is 43.9 Å². The van der Waals surface area contributed by atoms with Crippen LogP contribution >= 0.6 is 0 Å². The van der Waals surface area contributed by atoms with Crippen molar-refractivity contribution in [2.45, 2.75) is 39.2 Å². The predicted octanol–water partition coefficient (Wildman–Crippen LogP) is 0.552. The minimum Gasteiger partial charge on any atom is -0.342 e. The number of nitrogens with zero attached hydrogens (tertiary/aromatic N) is 3. The molecule has 2 saturated heterocycles. The van der Waals surface area contributed by atoms with Crippen molar-refractivity contribution < 1.29 is 9.59 Å². The Morgan fingerprint density at radius 3 is 2.11 bits per heavy atom. The van der Waals surface area contributed by atoms with Crippen LogP contribution in [-0.2, 0) is 9.59 Å². The van der Waals surface area contributed by atoms with E-state index in [0.29, 0.717) is 0 Å². The molecule has 5 heteroatoms. The minimum atomic E-state index is -0.0509. The van der Waals surface area contributed by atoms with E-state index in [0.717, 1.165) is 58.5 Å². The first-order valence-electron chi connectivity index (χ1n) is 7.38. The summed E-state index contributed by atoms with van der Waals surface area (Å²) in [5, 5.41) is 0. The molecule has 0 aromatic heterocycles. The summed E-state index contributed by atoms with van der Waals surface area (Å²) < 4.78 is 0. The Morgan fingerprint density at radius 1 is 0.842 bits per heavy atom. The maximum absolute atomic E-state index is 12.4. The monoisotopic (exact) mass is 267 g/mol. The standard InChI is InChI=1S/C14H25N3O2/c1-12(14(19)17-6-3-4-7-17)15-8-5-9-16(11-10-15)13(2)18/h12H,3-11H2,1-2H3. The molecule has 2 amide bonds. The Balaban J connectivity index is 1.90. The van der Waals surface area contributed by atoms with E-state index in [2.05, 4.69) is 4.90 Å². The maximum Gasteiger partial charge on any atom is 0.239 e. The molecule has 0 aromatic rings. The molecule has 0 N–H and O–H groups in total. The lowest BCUT2D eigenvalue weighted by molar-refractivity contribution is -0.135. The first-order chi connectivity index (χ1) is 9.09. The van der Waals surface area contributed by atoms with E-state index < -0.39 is 0 Å². The van der Waals surface area contributed by atoms with E-state index in [1.54, 1.807) is 6.92 Å². The van der Waals surface area contributed by atoms with Crippen LogP contribution in [0.1, 0.15) is 33.1 Å². The normalized spacial score (nSPS) is 23.3. The molecule has 0 spiro atoms. The molecule has 108 valence electrons. The first-order valence-corrected chi connectivity index (χ1v) is 7.38. The Bertz CT molecular complexity index is 340. The lowest BCUT2D eigenvalue weighted by Crippen LogP contribution is -2.47. The number of amides is 2. The number of likely N-dealkylation sites (tertiary alicyclic amines) is 1. The highest BCUT2D eigenvalue weighted by Crippen LogP contribution is 2.14. The van der Waals surface area contributed by atoms with Gasteiger partial charge in [-0.1, -0.05) is 0 Å². The summed E-state index contributed by atoms with van der Waals surface area (Å²) in [7, 11) is 0. The van der Waals surface area contributed by atoms with Gasteiger partial charge in [-0.2, -0.15) is 0 Å². The number of hydrogen-bond acceptors (Lipinski definition) is 3. The van der Waals surface area contributed by atoms with Crippen LogP contribution in [0.5, 0.6) is 0 Å². The largest absolute Gasteiger partial charge is 0.342 e.